The summed E-state index contributed by atoms with van der Waals surface area (Å²) in [5, 5.41) is 0. The van der Waals surface area contributed by atoms with Gasteiger partial charge in [-0.25, -0.2) is 0 Å². The predicted octanol–water partition coefficient (Wildman–Crippen LogP) is 6.71. The molecule has 0 radical (unpaired) electrons. The highest BCUT2D eigenvalue weighted by molar-refractivity contribution is 5.54. The van der Waals surface area contributed by atoms with E-state index in [1.54, 1.807) is 0 Å². The van der Waals surface area contributed by atoms with Crippen LogP contribution in [-0.4, -0.2) is 0 Å². The van der Waals surface area contributed by atoms with E-state index in [1.807, 2.05) is 0 Å². The number of benzene rings is 2. The minimum atomic E-state index is 1.05. The lowest BCUT2D eigenvalue weighted by Gasteiger charge is -1.96. The van der Waals surface area contributed by atoms with Crippen molar-refractivity contribution in [1.82, 2.24) is 0 Å². The standard InChI is InChI=1S/C24H26/c1-3-5-7-9-21-11-15-23(16-12-21)19-20-24-17-13-22(14-18-24)10-8-6-4-2/h7-18H,3-6H2,1-2H3/b9-7+,10-8?. The van der Waals surface area contributed by atoms with Gasteiger partial charge in [0.1, 0.15) is 0 Å². The van der Waals surface area contributed by atoms with E-state index in [0.717, 1.165) is 24.0 Å². The van der Waals surface area contributed by atoms with E-state index in [2.05, 4.69) is 98.5 Å². The zero-order valence-corrected chi connectivity index (χ0v) is 14.8. The SMILES string of the molecule is CCCC=Cc1ccc(C#Cc2ccc(/C=C/CCC)cc2)cc1. The second kappa shape index (κ2) is 10.3. The molecule has 2 aromatic rings. The summed E-state index contributed by atoms with van der Waals surface area (Å²) in [6.45, 7) is 4.38. The number of hydrogen-bond acceptors (Lipinski definition) is 0. The molecule has 2 rings (SSSR count). The Kier molecular flexibility index (Phi) is 7.64. The summed E-state index contributed by atoms with van der Waals surface area (Å²) in [7, 11) is 0. The van der Waals surface area contributed by atoms with Crippen molar-refractivity contribution in [3.05, 3.63) is 82.9 Å². The molecule has 0 unspecified atom stereocenters. The normalized spacial score (nSPS) is 10.9. The van der Waals surface area contributed by atoms with Crippen LogP contribution in [0.2, 0.25) is 0 Å². The summed E-state index contributed by atoms with van der Waals surface area (Å²) < 4.78 is 0. The number of allylic oxidation sites excluding steroid dienone is 2. The van der Waals surface area contributed by atoms with Gasteiger partial charge in [-0.05, 0) is 48.2 Å². The van der Waals surface area contributed by atoms with Gasteiger partial charge in [0, 0.05) is 11.1 Å². The van der Waals surface area contributed by atoms with E-state index in [-0.39, 0.29) is 0 Å². The minimum absolute atomic E-state index is 1.05. The predicted molar refractivity (Wildman–Crippen MR) is 107 cm³/mol. The van der Waals surface area contributed by atoms with Crippen molar-refractivity contribution in [3.8, 4) is 11.8 Å². The molecule has 24 heavy (non-hydrogen) atoms. The fourth-order valence-corrected chi connectivity index (χ4v) is 2.27. The lowest BCUT2D eigenvalue weighted by molar-refractivity contribution is 0.962. The van der Waals surface area contributed by atoms with Gasteiger partial charge in [0.05, 0.1) is 0 Å². The summed E-state index contributed by atoms with van der Waals surface area (Å²) in [6.07, 6.45) is 13.4. The number of unbranched alkanes of at least 4 members (excludes halogenated alkanes) is 2. The van der Waals surface area contributed by atoms with Gasteiger partial charge in [0.25, 0.3) is 0 Å². The molecule has 0 nitrogen and oxygen atoms in total. The molecule has 122 valence electrons. The Hall–Kier alpha value is -2.52. The summed E-state index contributed by atoms with van der Waals surface area (Å²) >= 11 is 0. The van der Waals surface area contributed by atoms with Gasteiger partial charge in [-0.15, -0.1) is 0 Å². The molecule has 2 aromatic carbocycles. The molecule has 0 saturated carbocycles. The second-order valence-electron chi connectivity index (χ2n) is 5.88. The van der Waals surface area contributed by atoms with Crippen LogP contribution in [0.1, 0.15) is 61.8 Å². The third-order valence-electron chi connectivity index (χ3n) is 3.70. The van der Waals surface area contributed by atoms with Gasteiger partial charge < -0.3 is 0 Å². The molecule has 0 fully saturated rings. The highest BCUT2D eigenvalue weighted by Gasteiger charge is 1.90. The highest BCUT2D eigenvalue weighted by atomic mass is 13.9. The zero-order valence-electron chi connectivity index (χ0n) is 14.8. The first-order valence-corrected chi connectivity index (χ1v) is 8.87. The smallest absolute Gasteiger partial charge is 0.0249 e. The van der Waals surface area contributed by atoms with E-state index >= 15 is 0 Å². The van der Waals surface area contributed by atoms with Gasteiger partial charge in [0.15, 0.2) is 0 Å². The summed E-state index contributed by atoms with van der Waals surface area (Å²) in [5.74, 6) is 6.47. The maximum atomic E-state index is 3.24. The Bertz CT molecular complexity index is 653. The summed E-state index contributed by atoms with van der Waals surface area (Å²) in [6, 6.07) is 16.8. The van der Waals surface area contributed by atoms with Crippen LogP contribution in [0.25, 0.3) is 12.2 Å². The second-order valence-corrected chi connectivity index (χ2v) is 5.88. The molecular formula is C24H26. The highest BCUT2D eigenvalue weighted by Crippen LogP contribution is 2.08. The molecule has 0 N–H and O–H groups in total. The van der Waals surface area contributed by atoms with E-state index in [9.17, 15) is 0 Å². The Balaban J connectivity index is 1.99. The van der Waals surface area contributed by atoms with Crippen molar-refractivity contribution in [2.24, 2.45) is 0 Å². The van der Waals surface area contributed by atoms with E-state index in [4.69, 9.17) is 0 Å². The van der Waals surface area contributed by atoms with Crippen LogP contribution in [0.15, 0.2) is 60.7 Å². The van der Waals surface area contributed by atoms with Crippen LogP contribution in [0.3, 0.4) is 0 Å². The Morgan fingerprint density at radius 1 is 0.625 bits per heavy atom. The molecule has 0 saturated heterocycles. The molecular weight excluding hydrogens is 288 g/mol. The minimum Gasteiger partial charge on any atom is -0.0840 e. The monoisotopic (exact) mass is 314 g/mol. The van der Waals surface area contributed by atoms with Crippen LogP contribution < -0.4 is 0 Å². The molecule has 0 aliphatic heterocycles. The average molecular weight is 314 g/mol. The maximum absolute atomic E-state index is 3.24. The first-order valence-electron chi connectivity index (χ1n) is 8.87. The van der Waals surface area contributed by atoms with Crippen LogP contribution in [0, 0.1) is 11.8 Å². The largest absolute Gasteiger partial charge is 0.0840 e. The Morgan fingerprint density at radius 2 is 1.00 bits per heavy atom. The molecule has 0 aliphatic carbocycles. The molecule has 0 amide bonds. The van der Waals surface area contributed by atoms with E-state index < -0.39 is 0 Å². The third kappa shape index (κ3) is 6.31. The van der Waals surface area contributed by atoms with Crippen LogP contribution in [-0.2, 0) is 0 Å². The molecule has 0 aromatic heterocycles. The Morgan fingerprint density at radius 3 is 1.33 bits per heavy atom. The van der Waals surface area contributed by atoms with Crippen LogP contribution in [0.5, 0.6) is 0 Å². The zero-order chi connectivity index (χ0) is 17.0. The molecule has 0 atom stereocenters. The van der Waals surface area contributed by atoms with Crippen molar-refractivity contribution >= 4 is 12.2 Å². The van der Waals surface area contributed by atoms with Gasteiger partial charge in [-0.3, -0.25) is 0 Å². The van der Waals surface area contributed by atoms with Gasteiger partial charge in [-0.1, -0.05) is 87.1 Å². The lowest BCUT2D eigenvalue weighted by Crippen LogP contribution is -1.78. The summed E-state index contributed by atoms with van der Waals surface area (Å²) in [4.78, 5) is 0. The number of rotatable bonds is 6. The van der Waals surface area contributed by atoms with Crippen molar-refractivity contribution in [3.63, 3.8) is 0 Å². The maximum Gasteiger partial charge on any atom is 0.0249 e. The first-order chi connectivity index (χ1) is 11.8. The molecule has 0 spiro atoms. The van der Waals surface area contributed by atoms with Crippen molar-refractivity contribution in [2.75, 3.05) is 0 Å². The fraction of sp³-hybridized carbons (Fsp3) is 0.250. The van der Waals surface area contributed by atoms with Gasteiger partial charge in [0.2, 0.25) is 0 Å². The van der Waals surface area contributed by atoms with Gasteiger partial charge >= 0.3 is 0 Å². The first kappa shape index (κ1) is 17.8. The molecule has 0 bridgehead atoms. The van der Waals surface area contributed by atoms with Crippen molar-refractivity contribution < 1.29 is 0 Å². The van der Waals surface area contributed by atoms with Crippen molar-refractivity contribution in [1.29, 1.82) is 0 Å². The Labute approximate surface area is 146 Å². The summed E-state index contributed by atoms with van der Waals surface area (Å²) in [5.41, 5.74) is 4.57. The molecule has 0 heteroatoms. The number of hydrogen-bond donors (Lipinski definition) is 0. The van der Waals surface area contributed by atoms with Crippen LogP contribution in [0.4, 0.5) is 0 Å². The quantitative estimate of drug-likeness (QED) is 0.520. The lowest BCUT2D eigenvalue weighted by atomic mass is 10.1. The van der Waals surface area contributed by atoms with E-state index in [0.29, 0.717) is 0 Å². The average Bonchev–Trinajstić information content (AvgIpc) is 2.63. The third-order valence-corrected chi connectivity index (χ3v) is 3.70. The fourth-order valence-electron chi connectivity index (χ4n) is 2.27. The van der Waals surface area contributed by atoms with E-state index in [1.165, 1.54) is 24.0 Å². The topological polar surface area (TPSA) is 0 Å². The van der Waals surface area contributed by atoms with Crippen LogP contribution >= 0.6 is 0 Å². The molecule has 0 heterocycles. The van der Waals surface area contributed by atoms with Gasteiger partial charge in [-0.2, -0.15) is 0 Å². The molecule has 0 aliphatic rings. The van der Waals surface area contributed by atoms with Crippen molar-refractivity contribution in [2.45, 2.75) is 39.5 Å².